The van der Waals surface area contributed by atoms with Crippen molar-refractivity contribution in [3.8, 4) is 22.6 Å². The quantitative estimate of drug-likeness (QED) is 0.806. The third-order valence-electron chi connectivity index (χ3n) is 4.95. The molecule has 0 aromatic heterocycles. The number of rotatable bonds is 6. The molecule has 5 heteroatoms. The zero-order valence-corrected chi connectivity index (χ0v) is 14.7. The van der Waals surface area contributed by atoms with Gasteiger partial charge in [0, 0.05) is 25.3 Å². The van der Waals surface area contributed by atoms with E-state index in [1.807, 2.05) is 42.5 Å². The average molecular weight is 353 g/mol. The van der Waals surface area contributed by atoms with Gasteiger partial charge in [0.15, 0.2) is 11.5 Å². The van der Waals surface area contributed by atoms with Gasteiger partial charge in [0.05, 0.1) is 0 Å². The second-order valence-electron chi connectivity index (χ2n) is 6.77. The smallest absolute Gasteiger partial charge is 0.251 e. The first-order valence-electron chi connectivity index (χ1n) is 9.15. The Morgan fingerprint density at radius 2 is 1.85 bits per heavy atom. The van der Waals surface area contributed by atoms with E-state index in [0.717, 1.165) is 55.1 Å². The first-order chi connectivity index (χ1) is 12.8. The van der Waals surface area contributed by atoms with Gasteiger partial charge in [-0.2, -0.15) is 0 Å². The van der Waals surface area contributed by atoms with Crippen molar-refractivity contribution in [2.75, 3.05) is 26.6 Å². The van der Waals surface area contributed by atoms with Crippen LogP contribution in [-0.4, -0.2) is 32.5 Å². The summed E-state index contributed by atoms with van der Waals surface area (Å²) in [6.45, 7) is 2.73. The summed E-state index contributed by atoms with van der Waals surface area (Å²) in [4.78, 5) is 12.3. The molecule has 26 heavy (non-hydrogen) atoms. The van der Waals surface area contributed by atoms with Gasteiger partial charge < -0.3 is 19.5 Å². The minimum atomic E-state index is -0.0232. The van der Waals surface area contributed by atoms with E-state index < -0.39 is 0 Å². The highest BCUT2D eigenvalue weighted by atomic mass is 16.7. The molecule has 0 radical (unpaired) electrons. The molecule has 0 unspecified atom stereocenters. The number of carbonyl (C=O) groups excluding carboxylic acids is 1. The molecule has 2 aromatic carbocycles. The topological polar surface area (TPSA) is 56.8 Å². The highest BCUT2D eigenvalue weighted by Gasteiger charge is 2.16. The Hall–Kier alpha value is -2.53. The lowest BCUT2D eigenvalue weighted by molar-refractivity contribution is 0.0952. The lowest BCUT2D eigenvalue weighted by Crippen LogP contribution is -2.24. The number of benzene rings is 2. The van der Waals surface area contributed by atoms with Gasteiger partial charge in [-0.3, -0.25) is 4.79 Å². The van der Waals surface area contributed by atoms with E-state index in [1.165, 1.54) is 0 Å². The summed E-state index contributed by atoms with van der Waals surface area (Å²) >= 11 is 0. The molecule has 0 bridgehead atoms. The third kappa shape index (κ3) is 3.83. The van der Waals surface area contributed by atoms with Crippen LogP contribution in [0.1, 0.15) is 29.6 Å². The maximum absolute atomic E-state index is 12.3. The van der Waals surface area contributed by atoms with Crippen LogP contribution in [0, 0.1) is 5.92 Å². The van der Waals surface area contributed by atoms with E-state index >= 15 is 0 Å². The number of hydrogen-bond donors (Lipinski definition) is 1. The van der Waals surface area contributed by atoms with Crippen molar-refractivity contribution in [1.82, 2.24) is 5.32 Å². The lowest BCUT2D eigenvalue weighted by atomic mass is 10.0. The van der Waals surface area contributed by atoms with Crippen LogP contribution in [0.25, 0.3) is 11.1 Å². The number of carbonyl (C=O) groups is 1. The molecule has 2 aliphatic heterocycles. The van der Waals surface area contributed by atoms with Crippen LogP contribution in [0.4, 0.5) is 0 Å². The van der Waals surface area contributed by atoms with Gasteiger partial charge >= 0.3 is 0 Å². The maximum atomic E-state index is 12.3. The molecule has 4 rings (SSSR count). The first-order valence-corrected chi connectivity index (χ1v) is 9.15. The average Bonchev–Trinajstić information content (AvgIpc) is 3.36. The van der Waals surface area contributed by atoms with Crippen LogP contribution in [0.5, 0.6) is 11.5 Å². The molecule has 1 amide bonds. The SMILES string of the molecule is O=C(NCCC[C@@H]1CCOC1)c1ccc(-c2ccc3c(c2)OCO3)cc1. The van der Waals surface area contributed by atoms with Gasteiger partial charge in [-0.05, 0) is 60.6 Å². The van der Waals surface area contributed by atoms with E-state index in [2.05, 4.69) is 5.32 Å². The van der Waals surface area contributed by atoms with Crippen molar-refractivity contribution < 1.29 is 19.0 Å². The van der Waals surface area contributed by atoms with Crippen LogP contribution in [0.15, 0.2) is 42.5 Å². The Kier molecular flexibility index (Phi) is 5.07. The Labute approximate surface area is 153 Å². The number of nitrogens with one attached hydrogen (secondary N) is 1. The molecule has 5 nitrogen and oxygen atoms in total. The number of ether oxygens (including phenoxy) is 3. The van der Waals surface area contributed by atoms with Crippen molar-refractivity contribution in [3.63, 3.8) is 0 Å². The fraction of sp³-hybridized carbons (Fsp3) is 0.381. The highest BCUT2D eigenvalue weighted by Crippen LogP contribution is 2.35. The van der Waals surface area contributed by atoms with Crippen LogP contribution >= 0.6 is 0 Å². The molecule has 0 aliphatic carbocycles. The van der Waals surface area contributed by atoms with E-state index in [4.69, 9.17) is 14.2 Å². The predicted octanol–water partition coefficient (Wildman–Crippen LogP) is 3.63. The summed E-state index contributed by atoms with van der Waals surface area (Å²) in [6.07, 6.45) is 3.26. The molecule has 2 aromatic rings. The number of amides is 1. The van der Waals surface area contributed by atoms with Crippen LogP contribution in [0.3, 0.4) is 0 Å². The molecule has 2 heterocycles. The molecular weight excluding hydrogens is 330 g/mol. The maximum Gasteiger partial charge on any atom is 0.251 e. The number of hydrogen-bond acceptors (Lipinski definition) is 4. The van der Waals surface area contributed by atoms with E-state index in [9.17, 15) is 4.79 Å². The molecule has 136 valence electrons. The fourth-order valence-electron chi connectivity index (χ4n) is 3.40. The molecule has 1 atom stereocenters. The van der Waals surface area contributed by atoms with Gasteiger partial charge in [0.2, 0.25) is 6.79 Å². The molecule has 1 saturated heterocycles. The molecule has 1 fully saturated rings. The van der Waals surface area contributed by atoms with Gasteiger partial charge in [0.1, 0.15) is 0 Å². The standard InChI is InChI=1S/C21H23NO4/c23-21(22-10-1-2-15-9-11-24-13-15)17-5-3-16(4-6-17)18-7-8-19-20(12-18)26-14-25-19/h3-8,12,15H,1-2,9-11,13-14H2,(H,22,23)/t15-/m1/s1. The Balaban J connectivity index is 1.31. The largest absolute Gasteiger partial charge is 0.454 e. The number of fused-ring (bicyclic) bond motifs is 1. The second-order valence-corrected chi connectivity index (χ2v) is 6.77. The summed E-state index contributed by atoms with van der Waals surface area (Å²) < 4.78 is 16.1. The van der Waals surface area contributed by atoms with E-state index in [0.29, 0.717) is 18.0 Å². The van der Waals surface area contributed by atoms with Crippen molar-refractivity contribution in [1.29, 1.82) is 0 Å². The summed E-state index contributed by atoms with van der Waals surface area (Å²) in [5, 5.41) is 3.00. The van der Waals surface area contributed by atoms with Crippen molar-refractivity contribution in [2.24, 2.45) is 5.92 Å². The van der Waals surface area contributed by atoms with Gasteiger partial charge in [-0.25, -0.2) is 0 Å². The van der Waals surface area contributed by atoms with Crippen molar-refractivity contribution >= 4 is 5.91 Å². The summed E-state index contributed by atoms with van der Waals surface area (Å²) in [5.41, 5.74) is 2.76. The van der Waals surface area contributed by atoms with Gasteiger partial charge in [0.25, 0.3) is 5.91 Å². The molecule has 2 aliphatic rings. The third-order valence-corrected chi connectivity index (χ3v) is 4.95. The Morgan fingerprint density at radius 1 is 1.04 bits per heavy atom. The van der Waals surface area contributed by atoms with Crippen LogP contribution < -0.4 is 14.8 Å². The lowest BCUT2D eigenvalue weighted by Gasteiger charge is -2.09. The summed E-state index contributed by atoms with van der Waals surface area (Å²) in [7, 11) is 0. The van der Waals surface area contributed by atoms with Gasteiger partial charge in [-0.1, -0.05) is 18.2 Å². The fourth-order valence-corrected chi connectivity index (χ4v) is 3.40. The zero-order valence-electron chi connectivity index (χ0n) is 14.7. The van der Waals surface area contributed by atoms with Crippen LogP contribution in [-0.2, 0) is 4.74 Å². The minimum Gasteiger partial charge on any atom is -0.454 e. The van der Waals surface area contributed by atoms with Gasteiger partial charge in [-0.15, -0.1) is 0 Å². The molecule has 0 saturated carbocycles. The van der Waals surface area contributed by atoms with E-state index in [-0.39, 0.29) is 12.7 Å². The zero-order chi connectivity index (χ0) is 17.8. The Bertz CT molecular complexity index is 766. The van der Waals surface area contributed by atoms with Crippen molar-refractivity contribution in [2.45, 2.75) is 19.3 Å². The molecule has 1 N–H and O–H groups in total. The van der Waals surface area contributed by atoms with E-state index in [1.54, 1.807) is 0 Å². The highest BCUT2D eigenvalue weighted by molar-refractivity contribution is 5.94. The van der Waals surface area contributed by atoms with Crippen molar-refractivity contribution in [3.05, 3.63) is 48.0 Å². The predicted molar refractivity (Wildman–Crippen MR) is 98.5 cm³/mol. The van der Waals surface area contributed by atoms with Crippen LogP contribution in [0.2, 0.25) is 0 Å². The molecular formula is C21H23NO4. The Morgan fingerprint density at radius 3 is 2.65 bits per heavy atom. The monoisotopic (exact) mass is 353 g/mol. The summed E-state index contributed by atoms with van der Waals surface area (Å²) in [5.74, 6) is 2.17. The first kappa shape index (κ1) is 16.9. The summed E-state index contributed by atoms with van der Waals surface area (Å²) in [6, 6.07) is 13.5. The normalized spacial score (nSPS) is 18.1. The second kappa shape index (κ2) is 7.79. The minimum absolute atomic E-state index is 0.0232. The molecule has 0 spiro atoms.